The molecule has 0 heterocycles. The van der Waals surface area contributed by atoms with Gasteiger partial charge in [0.15, 0.2) is 18.1 Å². The van der Waals surface area contributed by atoms with Crippen molar-refractivity contribution >= 4 is 5.97 Å². The van der Waals surface area contributed by atoms with E-state index in [1.54, 1.807) is 18.2 Å². The number of hydrogen-bond donors (Lipinski definition) is 1. The molecular weight excluding hydrogens is 264 g/mol. The standard InChI is InChI=1S/C14H20O6/c1-4-19-11-6-5-10(13(8-15)17-2)7-12(11)20-9-14(16)18-3/h5-7,13,15H,4,8-9H2,1-3H3. The summed E-state index contributed by atoms with van der Waals surface area (Å²) in [6.45, 7) is 1.96. The summed E-state index contributed by atoms with van der Waals surface area (Å²) in [7, 11) is 2.80. The SMILES string of the molecule is CCOc1ccc(C(CO)OC)cc1OCC(=O)OC. The number of rotatable bonds is 8. The lowest BCUT2D eigenvalue weighted by molar-refractivity contribution is -0.142. The van der Waals surface area contributed by atoms with Gasteiger partial charge in [-0.25, -0.2) is 4.79 Å². The Morgan fingerprint density at radius 2 is 2.00 bits per heavy atom. The van der Waals surface area contributed by atoms with E-state index in [2.05, 4.69) is 4.74 Å². The van der Waals surface area contributed by atoms with Gasteiger partial charge in [0.1, 0.15) is 6.10 Å². The summed E-state index contributed by atoms with van der Waals surface area (Å²) in [6.07, 6.45) is -0.453. The largest absolute Gasteiger partial charge is 0.490 e. The lowest BCUT2D eigenvalue weighted by atomic mass is 10.1. The number of hydrogen-bond acceptors (Lipinski definition) is 6. The van der Waals surface area contributed by atoms with E-state index < -0.39 is 12.1 Å². The Bertz CT molecular complexity index is 428. The molecule has 1 aromatic carbocycles. The van der Waals surface area contributed by atoms with Gasteiger partial charge in [0.05, 0.1) is 20.3 Å². The third-order valence-electron chi connectivity index (χ3n) is 2.66. The molecule has 1 aromatic rings. The predicted octanol–water partition coefficient (Wildman–Crippen LogP) is 1.32. The van der Waals surface area contributed by atoms with Crippen LogP contribution >= 0.6 is 0 Å². The van der Waals surface area contributed by atoms with Gasteiger partial charge in [0.25, 0.3) is 0 Å². The van der Waals surface area contributed by atoms with Crippen LogP contribution in [0.1, 0.15) is 18.6 Å². The van der Waals surface area contributed by atoms with E-state index in [0.29, 0.717) is 18.1 Å². The van der Waals surface area contributed by atoms with Gasteiger partial charge in [-0.3, -0.25) is 0 Å². The molecular formula is C14H20O6. The molecule has 6 heteroatoms. The molecule has 0 amide bonds. The average Bonchev–Trinajstić information content (AvgIpc) is 2.48. The molecule has 1 N–H and O–H groups in total. The van der Waals surface area contributed by atoms with Gasteiger partial charge in [-0.1, -0.05) is 6.07 Å². The number of methoxy groups -OCH3 is 2. The molecule has 0 radical (unpaired) electrons. The zero-order valence-corrected chi connectivity index (χ0v) is 11.9. The summed E-state index contributed by atoms with van der Waals surface area (Å²) in [5.74, 6) is 0.446. The zero-order valence-electron chi connectivity index (χ0n) is 11.9. The van der Waals surface area contributed by atoms with Crippen molar-refractivity contribution in [2.45, 2.75) is 13.0 Å². The van der Waals surface area contributed by atoms with E-state index in [1.807, 2.05) is 6.92 Å². The van der Waals surface area contributed by atoms with Crippen LogP contribution in [0.2, 0.25) is 0 Å². The topological polar surface area (TPSA) is 74.2 Å². The molecule has 0 bridgehead atoms. The van der Waals surface area contributed by atoms with E-state index in [0.717, 1.165) is 5.56 Å². The normalized spacial score (nSPS) is 11.8. The third kappa shape index (κ3) is 4.40. The van der Waals surface area contributed by atoms with Gasteiger partial charge in [-0.15, -0.1) is 0 Å². The highest BCUT2D eigenvalue weighted by atomic mass is 16.6. The van der Waals surface area contributed by atoms with Crippen LogP contribution in [0.25, 0.3) is 0 Å². The van der Waals surface area contributed by atoms with Crippen molar-refractivity contribution in [2.24, 2.45) is 0 Å². The Morgan fingerprint density at radius 1 is 1.25 bits per heavy atom. The monoisotopic (exact) mass is 284 g/mol. The van der Waals surface area contributed by atoms with E-state index in [1.165, 1.54) is 14.2 Å². The molecule has 0 fully saturated rings. The number of aliphatic hydroxyl groups excluding tert-OH is 1. The molecule has 1 unspecified atom stereocenters. The predicted molar refractivity (Wildman–Crippen MR) is 72.0 cm³/mol. The first-order valence-corrected chi connectivity index (χ1v) is 6.26. The summed E-state index contributed by atoms with van der Waals surface area (Å²) in [5, 5.41) is 9.23. The first-order chi connectivity index (χ1) is 9.65. The summed E-state index contributed by atoms with van der Waals surface area (Å²) >= 11 is 0. The van der Waals surface area contributed by atoms with Crippen LogP contribution in [0.15, 0.2) is 18.2 Å². The number of aliphatic hydroxyl groups is 1. The second-order valence-corrected chi connectivity index (χ2v) is 3.91. The van der Waals surface area contributed by atoms with Crippen molar-refractivity contribution < 1.29 is 28.8 Å². The minimum Gasteiger partial charge on any atom is -0.490 e. The highest BCUT2D eigenvalue weighted by Crippen LogP contribution is 2.31. The van der Waals surface area contributed by atoms with Gasteiger partial charge < -0.3 is 24.1 Å². The smallest absolute Gasteiger partial charge is 0.343 e. The van der Waals surface area contributed by atoms with Gasteiger partial charge in [0, 0.05) is 7.11 Å². The molecule has 0 aliphatic heterocycles. The number of carbonyl (C=O) groups is 1. The summed E-state index contributed by atoms with van der Waals surface area (Å²) in [6, 6.07) is 5.17. The van der Waals surface area contributed by atoms with Crippen LogP contribution in [-0.2, 0) is 14.3 Å². The van der Waals surface area contributed by atoms with Gasteiger partial charge >= 0.3 is 5.97 Å². The van der Waals surface area contributed by atoms with Crippen LogP contribution in [-0.4, -0.2) is 45.1 Å². The van der Waals surface area contributed by atoms with Crippen molar-refractivity contribution in [1.82, 2.24) is 0 Å². The highest BCUT2D eigenvalue weighted by Gasteiger charge is 2.14. The molecule has 0 aromatic heterocycles. The molecule has 0 aliphatic carbocycles. The number of esters is 1. The van der Waals surface area contributed by atoms with Crippen molar-refractivity contribution in [3.05, 3.63) is 23.8 Å². The molecule has 112 valence electrons. The van der Waals surface area contributed by atoms with E-state index in [4.69, 9.17) is 14.2 Å². The van der Waals surface area contributed by atoms with E-state index >= 15 is 0 Å². The molecule has 6 nitrogen and oxygen atoms in total. The fraction of sp³-hybridized carbons (Fsp3) is 0.500. The Kier molecular flexibility index (Phi) is 6.83. The fourth-order valence-corrected chi connectivity index (χ4v) is 1.62. The Labute approximate surface area is 118 Å². The van der Waals surface area contributed by atoms with Gasteiger partial charge in [0.2, 0.25) is 0 Å². The molecule has 0 saturated carbocycles. The number of ether oxygens (including phenoxy) is 4. The fourth-order valence-electron chi connectivity index (χ4n) is 1.62. The van der Waals surface area contributed by atoms with Crippen LogP contribution in [0.3, 0.4) is 0 Å². The van der Waals surface area contributed by atoms with Crippen LogP contribution in [0.4, 0.5) is 0 Å². The summed E-state index contributed by atoms with van der Waals surface area (Å²) < 4.78 is 20.5. The highest BCUT2D eigenvalue weighted by molar-refractivity contribution is 5.71. The van der Waals surface area contributed by atoms with Crippen molar-refractivity contribution in [2.75, 3.05) is 34.0 Å². The number of carbonyl (C=O) groups excluding carboxylic acids is 1. The summed E-state index contributed by atoms with van der Waals surface area (Å²) in [5.41, 5.74) is 0.735. The first kappa shape index (κ1) is 16.3. The number of benzene rings is 1. The maximum atomic E-state index is 11.1. The maximum absolute atomic E-state index is 11.1. The van der Waals surface area contributed by atoms with Gasteiger partial charge in [-0.2, -0.15) is 0 Å². The molecule has 0 aliphatic rings. The second kappa shape index (κ2) is 8.39. The third-order valence-corrected chi connectivity index (χ3v) is 2.66. The average molecular weight is 284 g/mol. The van der Waals surface area contributed by atoms with E-state index in [9.17, 15) is 9.90 Å². The lowest BCUT2D eigenvalue weighted by Crippen LogP contribution is -2.14. The molecule has 1 atom stereocenters. The Hall–Kier alpha value is -1.79. The molecule has 1 rings (SSSR count). The zero-order chi connectivity index (χ0) is 15.0. The molecule has 20 heavy (non-hydrogen) atoms. The van der Waals surface area contributed by atoms with E-state index in [-0.39, 0.29) is 13.2 Å². The van der Waals surface area contributed by atoms with Gasteiger partial charge in [-0.05, 0) is 24.6 Å². The lowest BCUT2D eigenvalue weighted by Gasteiger charge is -2.16. The molecule has 0 saturated heterocycles. The second-order valence-electron chi connectivity index (χ2n) is 3.91. The van der Waals surface area contributed by atoms with Crippen LogP contribution < -0.4 is 9.47 Å². The van der Waals surface area contributed by atoms with Crippen molar-refractivity contribution in [3.8, 4) is 11.5 Å². The Morgan fingerprint density at radius 3 is 2.55 bits per heavy atom. The van der Waals surface area contributed by atoms with Crippen molar-refractivity contribution in [1.29, 1.82) is 0 Å². The minimum absolute atomic E-state index is 0.152. The van der Waals surface area contributed by atoms with Crippen molar-refractivity contribution in [3.63, 3.8) is 0 Å². The summed E-state index contributed by atoms with van der Waals surface area (Å²) in [4.78, 5) is 11.1. The minimum atomic E-state index is -0.483. The first-order valence-electron chi connectivity index (χ1n) is 6.26. The Balaban J connectivity index is 2.95. The maximum Gasteiger partial charge on any atom is 0.343 e. The van der Waals surface area contributed by atoms with Crippen LogP contribution in [0.5, 0.6) is 11.5 Å². The molecule has 0 spiro atoms. The quantitative estimate of drug-likeness (QED) is 0.726. The van der Waals surface area contributed by atoms with Crippen LogP contribution in [0, 0.1) is 0 Å².